The minimum Gasteiger partial charge on any atom is -0.477 e. The number of anilines is 1. The van der Waals surface area contributed by atoms with Gasteiger partial charge < -0.3 is 14.9 Å². The van der Waals surface area contributed by atoms with Gasteiger partial charge in [-0.3, -0.25) is 4.98 Å². The molecule has 0 bridgehead atoms. The summed E-state index contributed by atoms with van der Waals surface area (Å²) in [6.45, 7) is 0.237. The first-order chi connectivity index (χ1) is 11.2. The molecular weight excluding hydrogens is 318 g/mol. The van der Waals surface area contributed by atoms with Crippen molar-refractivity contribution in [3.8, 4) is 11.3 Å². The van der Waals surface area contributed by atoms with Crippen molar-refractivity contribution in [1.29, 1.82) is 0 Å². The van der Waals surface area contributed by atoms with Crippen LogP contribution in [0.4, 0.5) is 5.82 Å². The molecule has 3 aromatic rings. The van der Waals surface area contributed by atoms with Crippen LogP contribution in [0.25, 0.3) is 11.3 Å². The molecular formula is C16H12ClN3O3. The van der Waals surface area contributed by atoms with Crippen molar-refractivity contribution in [2.75, 3.05) is 5.32 Å². The third-order valence-electron chi connectivity index (χ3n) is 3.20. The number of aromatic carboxylic acids is 1. The fraction of sp³-hybridized carbons (Fsp3) is 0.0625. The second kappa shape index (κ2) is 6.50. The first-order valence-electron chi connectivity index (χ1n) is 6.78. The standard InChI is InChI=1S/C16H12ClN3O3/c17-11-7-4-8-18-12(11)9-19-15-13(16(21)22)14(23-20-15)10-5-2-1-3-6-10/h1-8H,9H2,(H,19,20)(H,21,22). The molecule has 2 heterocycles. The molecule has 0 aliphatic carbocycles. The molecule has 0 amide bonds. The van der Waals surface area contributed by atoms with Crippen LogP contribution in [-0.2, 0) is 6.54 Å². The summed E-state index contributed by atoms with van der Waals surface area (Å²) >= 11 is 6.03. The summed E-state index contributed by atoms with van der Waals surface area (Å²) < 4.78 is 5.22. The van der Waals surface area contributed by atoms with Crippen molar-refractivity contribution in [3.05, 3.63) is 64.9 Å². The number of rotatable bonds is 5. The molecule has 0 unspecified atom stereocenters. The molecule has 0 aliphatic rings. The van der Waals surface area contributed by atoms with Gasteiger partial charge in [0.2, 0.25) is 0 Å². The number of nitrogens with zero attached hydrogens (tertiary/aromatic N) is 2. The van der Waals surface area contributed by atoms with Gasteiger partial charge in [-0.1, -0.05) is 47.1 Å². The fourth-order valence-corrected chi connectivity index (χ4v) is 2.30. The average molecular weight is 330 g/mol. The maximum Gasteiger partial charge on any atom is 0.343 e. The molecule has 0 spiro atoms. The van der Waals surface area contributed by atoms with Gasteiger partial charge in [-0.25, -0.2) is 4.79 Å². The Kier molecular flexibility index (Phi) is 4.25. The molecule has 2 N–H and O–H groups in total. The molecule has 0 aliphatic heterocycles. The molecule has 0 saturated carbocycles. The van der Waals surface area contributed by atoms with E-state index in [4.69, 9.17) is 16.1 Å². The number of carbonyl (C=O) groups is 1. The Labute approximate surface area is 136 Å². The topological polar surface area (TPSA) is 88.2 Å². The van der Waals surface area contributed by atoms with Gasteiger partial charge in [0, 0.05) is 11.8 Å². The first kappa shape index (κ1) is 15.1. The molecule has 7 heteroatoms. The van der Waals surface area contributed by atoms with Crippen molar-refractivity contribution < 1.29 is 14.4 Å². The minimum absolute atomic E-state index is 0.0248. The summed E-state index contributed by atoms with van der Waals surface area (Å²) in [5, 5.41) is 16.7. The molecule has 23 heavy (non-hydrogen) atoms. The number of hydrogen-bond donors (Lipinski definition) is 2. The normalized spacial score (nSPS) is 10.5. The van der Waals surface area contributed by atoms with Crippen LogP contribution in [0.2, 0.25) is 5.02 Å². The SMILES string of the molecule is O=C(O)c1c(NCc2ncccc2Cl)noc1-c1ccccc1. The second-order valence-electron chi connectivity index (χ2n) is 4.69. The Morgan fingerprint density at radius 3 is 2.70 bits per heavy atom. The van der Waals surface area contributed by atoms with Gasteiger partial charge in [0.1, 0.15) is 0 Å². The Morgan fingerprint density at radius 1 is 1.22 bits per heavy atom. The van der Waals surface area contributed by atoms with Crippen molar-refractivity contribution in [2.45, 2.75) is 6.54 Å². The van der Waals surface area contributed by atoms with Gasteiger partial charge in [0.15, 0.2) is 17.1 Å². The van der Waals surface area contributed by atoms with E-state index in [1.807, 2.05) is 6.07 Å². The maximum absolute atomic E-state index is 11.6. The Morgan fingerprint density at radius 2 is 2.00 bits per heavy atom. The van der Waals surface area contributed by atoms with E-state index in [-0.39, 0.29) is 23.7 Å². The van der Waals surface area contributed by atoms with Gasteiger partial charge in [-0.15, -0.1) is 0 Å². The van der Waals surface area contributed by atoms with Crippen molar-refractivity contribution in [2.24, 2.45) is 0 Å². The van der Waals surface area contributed by atoms with E-state index in [9.17, 15) is 9.90 Å². The Balaban J connectivity index is 1.90. The predicted molar refractivity (Wildman–Crippen MR) is 85.5 cm³/mol. The smallest absolute Gasteiger partial charge is 0.343 e. The third-order valence-corrected chi connectivity index (χ3v) is 3.54. The monoisotopic (exact) mass is 329 g/mol. The molecule has 6 nitrogen and oxygen atoms in total. The average Bonchev–Trinajstić information content (AvgIpc) is 2.99. The van der Waals surface area contributed by atoms with Crippen molar-refractivity contribution >= 4 is 23.4 Å². The van der Waals surface area contributed by atoms with E-state index >= 15 is 0 Å². The molecule has 0 radical (unpaired) electrons. The van der Waals surface area contributed by atoms with Crippen LogP contribution in [-0.4, -0.2) is 21.2 Å². The maximum atomic E-state index is 11.6. The lowest BCUT2D eigenvalue weighted by molar-refractivity contribution is 0.0698. The summed E-state index contributed by atoms with van der Waals surface area (Å²) in [5.41, 5.74) is 1.21. The first-order valence-corrected chi connectivity index (χ1v) is 7.16. The number of benzene rings is 1. The number of carboxylic acid groups (broad SMARTS) is 1. The minimum atomic E-state index is -1.13. The van der Waals surface area contributed by atoms with Gasteiger partial charge >= 0.3 is 5.97 Å². The lowest BCUT2D eigenvalue weighted by atomic mass is 10.1. The van der Waals surface area contributed by atoms with Crippen LogP contribution in [0.3, 0.4) is 0 Å². The van der Waals surface area contributed by atoms with Crippen molar-refractivity contribution in [1.82, 2.24) is 10.1 Å². The highest BCUT2D eigenvalue weighted by Crippen LogP contribution is 2.29. The fourth-order valence-electron chi connectivity index (χ4n) is 2.11. The number of carboxylic acids is 1. The quantitative estimate of drug-likeness (QED) is 0.742. The zero-order valence-corrected chi connectivity index (χ0v) is 12.6. The molecule has 2 aromatic heterocycles. The van der Waals surface area contributed by atoms with E-state index in [2.05, 4.69) is 15.5 Å². The number of aromatic nitrogens is 2. The van der Waals surface area contributed by atoms with Crippen molar-refractivity contribution in [3.63, 3.8) is 0 Å². The van der Waals surface area contributed by atoms with E-state index in [0.717, 1.165) is 0 Å². The summed E-state index contributed by atoms with van der Waals surface area (Å²) in [5.74, 6) is -0.787. The second-order valence-corrected chi connectivity index (χ2v) is 5.10. The summed E-state index contributed by atoms with van der Waals surface area (Å²) in [6, 6.07) is 12.4. The van der Waals surface area contributed by atoms with Crippen LogP contribution >= 0.6 is 11.6 Å². The summed E-state index contributed by atoms with van der Waals surface area (Å²) in [6.07, 6.45) is 1.61. The van der Waals surface area contributed by atoms with Crippen LogP contribution < -0.4 is 5.32 Å². The highest BCUT2D eigenvalue weighted by atomic mass is 35.5. The number of nitrogens with one attached hydrogen (secondary N) is 1. The van der Waals surface area contributed by atoms with Gasteiger partial charge in [0.25, 0.3) is 0 Å². The highest BCUT2D eigenvalue weighted by molar-refractivity contribution is 6.31. The molecule has 0 atom stereocenters. The van der Waals surface area contributed by atoms with Gasteiger partial charge in [-0.05, 0) is 12.1 Å². The van der Waals surface area contributed by atoms with Gasteiger partial charge in [0.05, 0.1) is 17.3 Å². The highest BCUT2D eigenvalue weighted by Gasteiger charge is 2.23. The molecule has 3 rings (SSSR count). The summed E-state index contributed by atoms with van der Waals surface area (Å²) in [4.78, 5) is 15.7. The largest absolute Gasteiger partial charge is 0.477 e. The van der Waals surface area contributed by atoms with E-state index in [1.165, 1.54) is 0 Å². The number of halogens is 1. The lowest BCUT2D eigenvalue weighted by Crippen LogP contribution is -2.07. The Hall–Kier alpha value is -2.86. The molecule has 0 saturated heterocycles. The van der Waals surface area contributed by atoms with E-state index < -0.39 is 5.97 Å². The van der Waals surface area contributed by atoms with Crippen LogP contribution in [0.5, 0.6) is 0 Å². The third kappa shape index (κ3) is 3.17. The Bertz CT molecular complexity index is 834. The van der Waals surface area contributed by atoms with Crippen LogP contribution in [0.15, 0.2) is 53.2 Å². The van der Waals surface area contributed by atoms with E-state index in [0.29, 0.717) is 16.3 Å². The molecule has 0 fully saturated rings. The molecule has 1 aromatic carbocycles. The summed E-state index contributed by atoms with van der Waals surface area (Å²) in [7, 11) is 0. The zero-order chi connectivity index (χ0) is 16.2. The number of hydrogen-bond acceptors (Lipinski definition) is 5. The lowest BCUT2D eigenvalue weighted by Gasteiger charge is -2.05. The van der Waals surface area contributed by atoms with Crippen LogP contribution in [0.1, 0.15) is 16.1 Å². The number of pyridine rings is 1. The predicted octanol–water partition coefficient (Wildman–Crippen LogP) is 3.70. The van der Waals surface area contributed by atoms with Gasteiger partial charge in [-0.2, -0.15) is 0 Å². The van der Waals surface area contributed by atoms with E-state index in [1.54, 1.807) is 42.6 Å². The van der Waals surface area contributed by atoms with Crippen LogP contribution in [0, 0.1) is 0 Å². The zero-order valence-electron chi connectivity index (χ0n) is 11.9. The molecule has 116 valence electrons.